The number of benzene rings is 2. The van der Waals surface area contributed by atoms with Crippen molar-refractivity contribution in [2.45, 2.75) is 51.0 Å². The van der Waals surface area contributed by atoms with Gasteiger partial charge in [-0.05, 0) is 48.6 Å². The van der Waals surface area contributed by atoms with Crippen LogP contribution in [0.4, 0.5) is 0 Å². The highest BCUT2D eigenvalue weighted by Gasteiger charge is 2.22. The van der Waals surface area contributed by atoms with E-state index in [9.17, 15) is 10.2 Å². The van der Waals surface area contributed by atoms with E-state index in [0.29, 0.717) is 38.1 Å². The molecule has 4 N–H and O–H groups in total. The van der Waals surface area contributed by atoms with Gasteiger partial charge < -0.3 is 30.3 Å². The molecule has 2 atom stereocenters. The molecule has 2 aromatic rings. The molecule has 2 unspecified atom stereocenters. The number of ether oxygens (including phenoxy) is 2. The van der Waals surface area contributed by atoms with Gasteiger partial charge in [0.05, 0.1) is 25.4 Å². The van der Waals surface area contributed by atoms with E-state index in [4.69, 9.17) is 9.47 Å². The van der Waals surface area contributed by atoms with Crippen LogP contribution in [0.5, 0.6) is 0 Å². The van der Waals surface area contributed by atoms with E-state index in [2.05, 4.69) is 34.9 Å². The molecule has 0 radical (unpaired) electrons. The van der Waals surface area contributed by atoms with Gasteiger partial charge in [-0.15, -0.1) is 0 Å². The molecular weight excluding hydrogens is 428 g/mol. The summed E-state index contributed by atoms with van der Waals surface area (Å²) >= 11 is 0. The van der Waals surface area contributed by atoms with Crippen molar-refractivity contribution in [1.82, 2.24) is 10.6 Å². The third-order valence-corrected chi connectivity index (χ3v) is 6.40. The molecule has 1 aliphatic carbocycles. The normalized spacial score (nSPS) is 20.2. The van der Waals surface area contributed by atoms with E-state index in [0.717, 1.165) is 52.0 Å². The summed E-state index contributed by atoms with van der Waals surface area (Å²) in [5.41, 5.74) is 2.43. The van der Waals surface area contributed by atoms with Crippen molar-refractivity contribution in [3.63, 3.8) is 0 Å². The van der Waals surface area contributed by atoms with Crippen molar-refractivity contribution in [1.29, 1.82) is 0 Å². The molecule has 0 bridgehead atoms. The number of aliphatic hydroxyl groups is 2. The molecule has 188 valence electrons. The van der Waals surface area contributed by atoms with Gasteiger partial charge in [0.25, 0.3) is 0 Å². The molecule has 6 heteroatoms. The molecule has 3 rings (SSSR count). The predicted octanol–water partition coefficient (Wildman–Crippen LogP) is 3.13. The Morgan fingerprint density at radius 1 is 0.647 bits per heavy atom. The van der Waals surface area contributed by atoms with Gasteiger partial charge in [0, 0.05) is 39.4 Å². The van der Waals surface area contributed by atoms with Crippen molar-refractivity contribution >= 4 is 0 Å². The summed E-state index contributed by atoms with van der Waals surface area (Å²) in [5.74, 6) is 1.13. The van der Waals surface area contributed by atoms with Crippen LogP contribution in [0.15, 0.2) is 60.7 Å². The quantitative estimate of drug-likeness (QED) is 0.302. The molecule has 34 heavy (non-hydrogen) atoms. The van der Waals surface area contributed by atoms with Crippen LogP contribution in [-0.2, 0) is 22.6 Å². The third kappa shape index (κ3) is 11.1. The van der Waals surface area contributed by atoms with Crippen molar-refractivity contribution in [2.75, 3.05) is 39.5 Å². The average Bonchev–Trinajstić information content (AvgIpc) is 2.86. The Bertz CT molecular complexity index is 688. The average molecular weight is 471 g/mol. The molecule has 1 aliphatic rings. The lowest BCUT2D eigenvalue weighted by molar-refractivity contribution is -0.00292. The largest absolute Gasteiger partial charge is 0.389 e. The van der Waals surface area contributed by atoms with Crippen LogP contribution in [0.25, 0.3) is 0 Å². The predicted molar refractivity (Wildman–Crippen MR) is 135 cm³/mol. The summed E-state index contributed by atoms with van der Waals surface area (Å²) < 4.78 is 11.6. The lowest BCUT2D eigenvalue weighted by Crippen LogP contribution is -2.32. The Balaban J connectivity index is 1.15. The molecule has 0 saturated heterocycles. The minimum atomic E-state index is -0.484. The standard InChI is InChI=1S/C28H42N2O4/c31-27(17-29-15-23-7-3-1-4-8-23)21-33-19-25-11-13-26(14-12-25)20-34-22-28(32)18-30-16-24-9-5-2-6-10-24/h1-10,25-32H,11-22H2. The van der Waals surface area contributed by atoms with Crippen molar-refractivity contribution in [3.05, 3.63) is 71.8 Å². The number of rotatable bonds is 16. The topological polar surface area (TPSA) is 83.0 Å². The first-order valence-corrected chi connectivity index (χ1v) is 12.7. The molecule has 6 nitrogen and oxygen atoms in total. The number of aliphatic hydroxyl groups excluding tert-OH is 2. The number of hydrogen-bond acceptors (Lipinski definition) is 6. The third-order valence-electron chi connectivity index (χ3n) is 6.40. The first-order valence-electron chi connectivity index (χ1n) is 12.7. The number of hydrogen-bond donors (Lipinski definition) is 4. The zero-order valence-corrected chi connectivity index (χ0v) is 20.3. The van der Waals surface area contributed by atoms with Crippen molar-refractivity contribution in [2.24, 2.45) is 11.8 Å². The summed E-state index contributed by atoms with van der Waals surface area (Å²) in [6.07, 6.45) is 3.58. The lowest BCUT2D eigenvalue weighted by atomic mass is 9.83. The fourth-order valence-corrected chi connectivity index (χ4v) is 4.38. The first kappa shape index (κ1) is 26.8. The van der Waals surface area contributed by atoms with E-state index in [1.54, 1.807) is 0 Å². The highest BCUT2D eigenvalue weighted by atomic mass is 16.5. The summed E-state index contributed by atoms with van der Waals surface area (Å²) in [7, 11) is 0. The first-order chi connectivity index (χ1) is 16.7. The van der Waals surface area contributed by atoms with Crippen molar-refractivity contribution in [3.8, 4) is 0 Å². The van der Waals surface area contributed by atoms with Gasteiger partial charge in [0.15, 0.2) is 0 Å². The van der Waals surface area contributed by atoms with E-state index < -0.39 is 12.2 Å². The summed E-state index contributed by atoms with van der Waals surface area (Å²) in [5, 5.41) is 26.8. The van der Waals surface area contributed by atoms with Crippen LogP contribution < -0.4 is 10.6 Å². The van der Waals surface area contributed by atoms with Crippen LogP contribution in [0.3, 0.4) is 0 Å². The molecule has 0 aromatic heterocycles. The maximum Gasteiger partial charge on any atom is 0.0897 e. The molecule has 0 heterocycles. The van der Waals surface area contributed by atoms with Gasteiger partial charge >= 0.3 is 0 Å². The SMILES string of the molecule is OC(CNCc1ccccc1)COCC1CCC(COCC(O)CNCc2ccccc2)CC1. The van der Waals surface area contributed by atoms with Gasteiger partial charge in [-0.3, -0.25) is 0 Å². The molecule has 1 saturated carbocycles. The maximum atomic E-state index is 10.1. The fourth-order valence-electron chi connectivity index (χ4n) is 4.38. The minimum absolute atomic E-state index is 0.376. The maximum absolute atomic E-state index is 10.1. The summed E-state index contributed by atoms with van der Waals surface area (Å²) in [4.78, 5) is 0. The van der Waals surface area contributed by atoms with Crippen molar-refractivity contribution < 1.29 is 19.7 Å². The van der Waals surface area contributed by atoms with Crippen LogP contribution in [0.1, 0.15) is 36.8 Å². The van der Waals surface area contributed by atoms with E-state index in [1.807, 2.05) is 36.4 Å². The van der Waals surface area contributed by atoms with Gasteiger partial charge in [-0.2, -0.15) is 0 Å². The molecule has 0 aliphatic heterocycles. The lowest BCUT2D eigenvalue weighted by Gasteiger charge is -2.28. The smallest absolute Gasteiger partial charge is 0.0897 e. The highest BCUT2D eigenvalue weighted by Crippen LogP contribution is 2.29. The Morgan fingerprint density at radius 2 is 1.03 bits per heavy atom. The molecule has 1 fully saturated rings. The monoisotopic (exact) mass is 470 g/mol. The highest BCUT2D eigenvalue weighted by molar-refractivity contribution is 5.14. The Kier molecular flexibility index (Phi) is 12.6. The van der Waals surface area contributed by atoms with Crippen LogP contribution in [0.2, 0.25) is 0 Å². The summed E-state index contributed by atoms with van der Waals surface area (Å²) in [6.45, 7) is 4.77. The minimum Gasteiger partial charge on any atom is -0.389 e. The second kappa shape index (κ2) is 16.0. The Labute approximate surface area is 204 Å². The molecular formula is C28H42N2O4. The van der Waals surface area contributed by atoms with E-state index in [1.165, 1.54) is 11.1 Å². The Morgan fingerprint density at radius 3 is 1.41 bits per heavy atom. The summed E-state index contributed by atoms with van der Waals surface area (Å²) in [6, 6.07) is 20.4. The molecule has 0 spiro atoms. The Hall–Kier alpha value is -1.80. The van der Waals surface area contributed by atoms with E-state index in [-0.39, 0.29) is 0 Å². The fraction of sp³-hybridized carbons (Fsp3) is 0.571. The van der Waals surface area contributed by atoms with Crippen LogP contribution in [-0.4, -0.2) is 61.9 Å². The van der Waals surface area contributed by atoms with Gasteiger partial charge in [-0.1, -0.05) is 60.7 Å². The molecule has 2 aromatic carbocycles. The zero-order valence-electron chi connectivity index (χ0n) is 20.3. The molecule has 0 amide bonds. The van der Waals surface area contributed by atoms with Crippen LogP contribution >= 0.6 is 0 Å². The second-order valence-electron chi connectivity index (χ2n) is 9.50. The number of nitrogens with one attached hydrogen (secondary N) is 2. The second-order valence-corrected chi connectivity index (χ2v) is 9.50. The van der Waals surface area contributed by atoms with Gasteiger partial charge in [0.2, 0.25) is 0 Å². The van der Waals surface area contributed by atoms with Gasteiger partial charge in [0.1, 0.15) is 0 Å². The van der Waals surface area contributed by atoms with Crippen LogP contribution in [0, 0.1) is 11.8 Å². The zero-order chi connectivity index (χ0) is 23.8. The van der Waals surface area contributed by atoms with Gasteiger partial charge in [-0.25, -0.2) is 0 Å². The van der Waals surface area contributed by atoms with E-state index >= 15 is 0 Å².